The Kier molecular flexibility index (Phi) is 4.72. The molecule has 3 aromatic rings. The lowest BCUT2D eigenvalue weighted by Crippen LogP contribution is -2.43. The summed E-state index contributed by atoms with van der Waals surface area (Å²) in [6.07, 6.45) is 0.408. The van der Waals surface area contributed by atoms with Gasteiger partial charge in [-0.3, -0.25) is 14.9 Å². The van der Waals surface area contributed by atoms with Crippen molar-refractivity contribution in [2.45, 2.75) is 12.5 Å². The van der Waals surface area contributed by atoms with E-state index in [1.807, 2.05) is 42.5 Å². The molecule has 138 valence electrons. The molecule has 1 aliphatic heterocycles. The molecule has 27 heavy (non-hydrogen) atoms. The highest BCUT2D eigenvalue weighted by Crippen LogP contribution is 2.37. The molecule has 3 N–H and O–H groups in total. The van der Waals surface area contributed by atoms with Gasteiger partial charge in [-0.05, 0) is 29.8 Å². The molecule has 0 radical (unpaired) electrons. The van der Waals surface area contributed by atoms with Crippen molar-refractivity contribution in [1.29, 1.82) is 0 Å². The molecule has 2 heterocycles. The van der Waals surface area contributed by atoms with Gasteiger partial charge < -0.3 is 15.0 Å². The second-order valence-electron chi connectivity index (χ2n) is 6.42. The third kappa shape index (κ3) is 3.36. The summed E-state index contributed by atoms with van der Waals surface area (Å²) in [5.41, 5.74) is 4.45. The lowest BCUT2D eigenvalue weighted by Gasteiger charge is -2.20. The normalized spacial score (nSPS) is 17.0. The second kappa shape index (κ2) is 7.17. The number of methoxy groups -OCH3 is 1. The zero-order chi connectivity index (χ0) is 19.0. The maximum absolute atomic E-state index is 12.3. The summed E-state index contributed by atoms with van der Waals surface area (Å²) in [5.74, 6) is -0.610. The van der Waals surface area contributed by atoms with Crippen LogP contribution in [0.2, 0.25) is 0 Å². The summed E-state index contributed by atoms with van der Waals surface area (Å²) >= 11 is 3.51. The molecule has 1 aromatic heterocycles. The minimum Gasteiger partial charge on any atom is -0.468 e. The van der Waals surface area contributed by atoms with Gasteiger partial charge in [-0.25, -0.2) is 0 Å². The van der Waals surface area contributed by atoms with Crippen LogP contribution in [0.4, 0.5) is 5.69 Å². The average Bonchev–Trinajstić information content (AvgIpc) is 3.04. The average molecular weight is 428 g/mol. The van der Waals surface area contributed by atoms with E-state index in [9.17, 15) is 9.59 Å². The summed E-state index contributed by atoms with van der Waals surface area (Å²) in [7, 11) is 1.35. The van der Waals surface area contributed by atoms with Crippen LogP contribution in [-0.2, 0) is 20.7 Å². The van der Waals surface area contributed by atoms with E-state index >= 15 is 0 Å². The molecule has 4 rings (SSSR count). The van der Waals surface area contributed by atoms with Crippen LogP contribution in [0.1, 0.15) is 5.56 Å². The topological polar surface area (TPSA) is 83.2 Å². The van der Waals surface area contributed by atoms with E-state index in [1.54, 1.807) is 0 Å². The maximum Gasteiger partial charge on any atom is 0.323 e. The van der Waals surface area contributed by atoms with Crippen molar-refractivity contribution < 1.29 is 14.3 Å². The molecule has 0 spiro atoms. The first-order valence-corrected chi connectivity index (χ1v) is 9.36. The van der Waals surface area contributed by atoms with E-state index in [1.165, 1.54) is 7.11 Å². The summed E-state index contributed by atoms with van der Waals surface area (Å²) in [6, 6.07) is 13.1. The van der Waals surface area contributed by atoms with Crippen LogP contribution in [0.3, 0.4) is 0 Å². The molecule has 0 bridgehead atoms. The molecule has 2 aromatic carbocycles. The molecule has 7 heteroatoms. The number of amides is 1. The molecule has 1 atom stereocenters. The van der Waals surface area contributed by atoms with Gasteiger partial charge in [0.2, 0.25) is 5.91 Å². The van der Waals surface area contributed by atoms with E-state index in [0.717, 1.165) is 32.2 Å². The Labute approximate surface area is 164 Å². The van der Waals surface area contributed by atoms with Crippen LogP contribution in [0.5, 0.6) is 0 Å². The first-order chi connectivity index (χ1) is 13.1. The smallest absolute Gasteiger partial charge is 0.323 e. The quantitative estimate of drug-likeness (QED) is 0.520. The predicted octanol–water partition coefficient (Wildman–Crippen LogP) is 3.22. The fraction of sp³-hybridized carbons (Fsp3) is 0.200. The van der Waals surface area contributed by atoms with Crippen LogP contribution in [0, 0.1) is 0 Å². The lowest BCUT2D eigenvalue weighted by molar-refractivity contribution is -0.143. The van der Waals surface area contributed by atoms with Crippen LogP contribution >= 0.6 is 15.9 Å². The number of rotatable bonds is 1. The zero-order valence-corrected chi connectivity index (χ0v) is 16.2. The number of benzene rings is 2. The van der Waals surface area contributed by atoms with E-state index in [4.69, 9.17) is 4.74 Å². The van der Waals surface area contributed by atoms with Crippen molar-refractivity contribution in [3.05, 3.63) is 52.5 Å². The van der Waals surface area contributed by atoms with Gasteiger partial charge >= 0.3 is 5.97 Å². The molecule has 0 saturated heterocycles. The Bertz CT molecular complexity index is 1040. The minimum atomic E-state index is -0.618. The Hall–Kier alpha value is -2.64. The standard InChI is InChI=1S/C20H18BrN3O3/c1-27-20(26)17-9-13-12-4-2-3-5-15(12)24-19(13)14-8-11(21)6-7-16(14)23-18(25)10-22-17/h2-8,17,22,24H,9-10H2,1H3,(H,23,25)/t17-/m0/s1. The summed E-state index contributed by atoms with van der Waals surface area (Å²) in [5, 5.41) is 6.99. The van der Waals surface area contributed by atoms with E-state index in [0.29, 0.717) is 12.1 Å². The van der Waals surface area contributed by atoms with Crippen molar-refractivity contribution in [2.24, 2.45) is 0 Å². The molecular weight excluding hydrogens is 410 g/mol. The van der Waals surface area contributed by atoms with E-state index in [-0.39, 0.29) is 12.5 Å². The van der Waals surface area contributed by atoms with Gasteiger partial charge in [-0.15, -0.1) is 0 Å². The minimum absolute atomic E-state index is 0.0208. The Balaban J connectivity index is 1.97. The molecule has 0 saturated carbocycles. The Morgan fingerprint density at radius 3 is 2.85 bits per heavy atom. The number of nitrogens with one attached hydrogen (secondary N) is 3. The molecule has 0 fully saturated rings. The summed E-state index contributed by atoms with van der Waals surface area (Å²) in [6.45, 7) is 0.0208. The number of anilines is 1. The van der Waals surface area contributed by atoms with E-state index in [2.05, 4.69) is 31.5 Å². The van der Waals surface area contributed by atoms with Gasteiger partial charge in [0.05, 0.1) is 25.0 Å². The number of carbonyl (C=O) groups excluding carboxylic acids is 2. The first-order valence-electron chi connectivity index (χ1n) is 8.57. The lowest BCUT2D eigenvalue weighted by atomic mass is 9.97. The van der Waals surface area contributed by atoms with Crippen molar-refractivity contribution in [3.63, 3.8) is 0 Å². The largest absolute Gasteiger partial charge is 0.468 e. The van der Waals surface area contributed by atoms with Gasteiger partial charge in [0.25, 0.3) is 0 Å². The van der Waals surface area contributed by atoms with Gasteiger partial charge in [0, 0.05) is 27.4 Å². The molecule has 1 aliphatic rings. The van der Waals surface area contributed by atoms with Gasteiger partial charge in [-0.1, -0.05) is 34.1 Å². The van der Waals surface area contributed by atoms with Crippen LogP contribution in [-0.4, -0.2) is 36.6 Å². The molecule has 0 aliphatic carbocycles. The molecule has 6 nitrogen and oxygen atoms in total. The van der Waals surface area contributed by atoms with Gasteiger partial charge in [-0.2, -0.15) is 0 Å². The first kappa shape index (κ1) is 17.8. The zero-order valence-electron chi connectivity index (χ0n) is 14.6. The highest BCUT2D eigenvalue weighted by molar-refractivity contribution is 9.10. The monoisotopic (exact) mass is 427 g/mol. The fourth-order valence-electron chi connectivity index (χ4n) is 3.47. The predicted molar refractivity (Wildman–Crippen MR) is 108 cm³/mol. The van der Waals surface area contributed by atoms with Crippen molar-refractivity contribution in [1.82, 2.24) is 10.3 Å². The third-order valence-corrected chi connectivity index (χ3v) is 5.23. The number of carbonyl (C=O) groups is 2. The van der Waals surface area contributed by atoms with Gasteiger partial charge in [0.15, 0.2) is 0 Å². The highest BCUT2D eigenvalue weighted by Gasteiger charge is 2.26. The number of halogens is 1. The number of hydrogen-bond acceptors (Lipinski definition) is 4. The number of ether oxygens (including phenoxy) is 1. The number of para-hydroxylation sites is 1. The van der Waals surface area contributed by atoms with Crippen molar-refractivity contribution in [2.75, 3.05) is 19.0 Å². The highest BCUT2D eigenvalue weighted by atomic mass is 79.9. The number of fused-ring (bicyclic) bond motifs is 5. The number of esters is 1. The van der Waals surface area contributed by atoms with Gasteiger partial charge in [0.1, 0.15) is 6.04 Å². The number of aromatic amines is 1. The maximum atomic E-state index is 12.3. The fourth-order valence-corrected chi connectivity index (χ4v) is 3.83. The number of aromatic nitrogens is 1. The van der Waals surface area contributed by atoms with Crippen molar-refractivity contribution >= 4 is 44.4 Å². The molecular formula is C20H18BrN3O3. The Morgan fingerprint density at radius 2 is 2.04 bits per heavy atom. The summed E-state index contributed by atoms with van der Waals surface area (Å²) < 4.78 is 5.84. The molecule has 1 amide bonds. The van der Waals surface area contributed by atoms with Crippen LogP contribution in [0.25, 0.3) is 22.2 Å². The van der Waals surface area contributed by atoms with Crippen LogP contribution < -0.4 is 10.6 Å². The van der Waals surface area contributed by atoms with Crippen LogP contribution in [0.15, 0.2) is 46.9 Å². The molecule has 0 unspecified atom stereocenters. The number of H-pyrrole nitrogens is 1. The summed E-state index contributed by atoms with van der Waals surface area (Å²) in [4.78, 5) is 28.1. The third-order valence-electron chi connectivity index (χ3n) is 4.74. The SMILES string of the molecule is COC(=O)[C@@H]1Cc2c([nH]c3ccccc23)-c2cc(Br)ccc2NC(=O)CN1. The second-order valence-corrected chi connectivity index (χ2v) is 7.34. The number of hydrogen-bond donors (Lipinski definition) is 3. The van der Waals surface area contributed by atoms with E-state index < -0.39 is 12.0 Å². The van der Waals surface area contributed by atoms with Crippen molar-refractivity contribution in [3.8, 4) is 11.3 Å². The Morgan fingerprint density at radius 1 is 1.22 bits per heavy atom.